The second-order valence-corrected chi connectivity index (χ2v) is 4.43. The quantitative estimate of drug-likeness (QED) is 0.816. The summed E-state index contributed by atoms with van der Waals surface area (Å²) in [5.74, 6) is -0.0401. The minimum Gasteiger partial charge on any atom is -0.389 e. The molecule has 0 aromatic heterocycles. The van der Waals surface area contributed by atoms with Crippen molar-refractivity contribution in [2.45, 2.75) is 38.9 Å². The number of hydrogen-bond donors (Lipinski definition) is 2. The SMILES string of the molecule is COC(C)CCC(=O)Nc1cccc(C(C)O)c1. The Kier molecular flexibility index (Phi) is 5.82. The molecule has 0 saturated heterocycles. The van der Waals surface area contributed by atoms with E-state index in [-0.39, 0.29) is 12.0 Å². The number of anilines is 1. The van der Waals surface area contributed by atoms with Crippen molar-refractivity contribution in [1.29, 1.82) is 0 Å². The van der Waals surface area contributed by atoms with E-state index in [4.69, 9.17) is 4.74 Å². The van der Waals surface area contributed by atoms with Crippen LogP contribution in [0.3, 0.4) is 0 Å². The Hall–Kier alpha value is -1.39. The lowest BCUT2D eigenvalue weighted by molar-refractivity contribution is -0.116. The molecule has 2 N–H and O–H groups in total. The molecule has 0 bridgehead atoms. The predicted octanol–water partition coefficient (Wildman–Crippen LogP) is 2.49. The summed E-state index contributed by atoms with van der Waals surface area (Å²) in [6, 6.07) is 7.23. The number of benzene rings is 1. The number of methoxy groups -OCH3 is 1. The van der Waals surface area contributed by atoms with Gasteiger partial charge in [-0.2, -0.15) is 0 Å². The van der Waals surface area contributed by atoms with Crippen LogP contribution in [0, 0.1) is 0 Å². The van der Waals surface area contributed by atoms with Crippen LogP contribution < -0.4 is 5.32 Å². The smallest absolute Gasteiger partial charge is 0.224 e. The highest BCUT2D eigenvalue weighted by atomic mass is 16.5. The summed E-state index contributed by atoms with van der Waals surface area (Å²) in [7, 11) is 1.63. The predicted molar refractivity (Wildman–Crippen MR) is 71.4 cm³/mol. The Balaban J connectivity index is 2.51. The molecule has 100 valence electrons. The summed E-state index contributed by atoms with van der Waals surface area (Å²) < 4.78 is 5.09. The van der Waals surface area contributed by atoms with Crippen LogP contribution in [0.25, 0.3) is 0 Å². The summed E-state index contributed by atoms with van der Waals surface area (Å²) in [6.45, 7) is 3.63. The highest BCUT2D eigenvalue weighted by Gasteiger charge is 2.07. The molecule has 1 rings (SSSR count). The van der Waals surface area contributed by atoms with Gasteiger partial charge in [0, 0.05) is 19.2 Å². The van der Waals surface area contributed by atoms with Crippen LogP contribution in [0.2, 0.25) is 0 Å². The van der Waals surface area contributed by atoms with E-state index in [2.05, 4.69) is 5.32 Å². The molecule has 0 saturated carbocycles. The van der Waals surface area contributed by atoms with Gasteiger partial charge in [0.25, 0.3) is 0 Å². The van der Waals surface area contributed by atoms with Crippen molar-refractivity contribution >= 4 is 11.6 Å². The standard InChI is InChI=1S/C14H21NO3/c1-10(18-3)7-8-14(17)15-13-6-4-5-12(9-13)11(2)16/h4-6,9-11,16H,7-8H2,1-3H3,(H,15,17). The molecule has 4 heteroatoms. The van der Waals surface area contributed by atoms with Gasteiger partial charge in [0.15, 0.2) is 0 Å². The van der Waals surface area contributed by atoms with Gasteiger partial charge in [-0.15, -0.1) is 0 Å². The monoisotopic (exact) mass is 251 g/mol. The van der Waals surface area contributed by atoms with Crippen LogP contribution in [0.1, 0.15) is 38.4 Å². The van der Waals surface area contributed by atoms with Gasteiger partial charge in [0.2, 0.25) is 5.91 Å². The summed E-state index contributed by atoms with van der Waals surface area (Å²) in [5.41, 5.74) is 1.50. The largest absolute Gasteiger partial charge is 0.389 e. The first-order valence-electron chi connectivity index (χ1n) is 6.13. The minimum atomic E-state index is -0.532. The van der Waals surface area contributed by atoms with Gasteiger partial charge >= 0.3 is 0 Å². The number of carbonyl (C=O) groups is 1. The molecule has 4 nitrogen and oxygen atoms in total. The molecule has 0 heterocycles. The number of aliphatic hydroxyl groups is 1. The summed E-state index contributed by atoms with van der Waals surface area (Å²) in [4.78, 5) is 11.7. The van der Waals surface area contributed by atoms with E-state index in [1.807, 2.05) is 25.1 Å². The van der Waals surface area contributed by atoms with Gasteiger partial charge in [-0.05, 0) is 38.0 Å². The number of aliphatic hydroxyl groups excluding tert-OH is 1. The van der Waals surface area contributed by atoms with Crippen molar-refractivity contribution in [3.63, 3.8) is 0 Å². The first-order chi connectivity index (χ1) is 8.52. The molecule has 0 aliphatic rings. The summed E-state index contributed by atoms with van der Waals surface area (Å²) >= 11 is 0. The molecule has 0 radical (unpaired) electrons. The molecule has 0 spiro atoms. The van der Waals surface area contributed by atoms with E-state index in [1.165, 1.54) is 0 Å². The van der Waals surface area contributed by atoms with Crippen LogP contribution in [0.4, 0.5) is 5.69 Å². The third-order valence-electron chi connectivity index (χ3n) is 2.83. The summed E-state index contributed by atoms with van der Waals surface area (Å²) in [5, 5.41) is 12.3. The highest BCUT2D eigenvalue weighted by molar-refractivity contribution is 5.90. The lowest BCUT2D eigenvalue weighted by Crippen LogP contribution is -2.15. The topological polar surface area (TPSA) is 58.6 Å². The number of amides is 1. The van der Waals surface area contributed by atoms with Crippen molar-refractivity contribution < 1.29 is 14.6 Å². The fraction of sp³-hybridized carbons (Fsp3) is 0.500. The van der Waals surface area contributed by atoms with Crippen molar-refractivity contribution in [1.82, 2.24) is 0 Å². The molecule has 2 unspecified atom stereocenters. The molecule has 1 aromatic rings. The van der Waals surface area contributed by atoms with Gasteiger partial charge in [0.05, 0.1) is 12.2 Å². The number of ether oxygens (including phenoxy) is 1. The van der Waals surface area contributed by atoms with E-state index in [0.29, 0.717) is 18.5 Å². The number of rotatable bonds is 6. The van der Waals surface area contributed by atoms with Crippen molar-refractivity contribution in [2.24, 2.45) is 0 Å². The molecule has 0 aliphatic carbocycles. The van der Waals surface area contributed by atoms with Gasteiger partial charge < -0.3 is 15.2 Å². The Morgan fingerprint density at radius 2 is 2.17 bits per heavy atom. The Labute approximate surface area is 108 Å². The van der Waals surface area contributed by atoms with Crippen LogP contribution >= 0.6 is 0 Å². The average molecular weight is 251 g/mol. The molecular formula is C14H21NO3. The van der Waals surface area contributed by atoms with Crippen molar-refractivity contribution in [3.05, 3.63) is 29.8 Å². The van der Waals surface area contributed by atoms with E-state index in [1.54, 1.807) is 20.1 Å². The van der Waals surface area contributed by atoms with E-state index in [9.17, 15) is 9.90 Å². The second kappa shape index (κ2) is 7.13. The number of hydrogen-bond acceptors (Lipinski definition) is 3. The van der Waals surface area contributed by atoms with Gasteiger partial charge in [-0.25, -0.2) is 0 Å². The van der Waals surface area contributed by atoms with Crippen LogP contribution in [0.15, 0.2) is 24.3 Å². The highest BCUT2D eigenvalue weighted by Crippen LogP contribution is 2.17. The minimum absolute atomic E-state index is 0.0401. The maximum absolute atomic E-state index is 11.7. The van der Waals surface area contributed by atoms with Crippen LogP contribution in [0.5, 0.6) is 0 Å². The molecule has 18 heavy (non-hydrogen) atoms. The molecular weight excluding hydrogens is 230 g/mol. The van der Waals surface area contributed by atoms with Crippen LogP contribution in [-0.2, 0) is 9.53 Å². The number of carbonyl (C=O) groups excluding carboxylic acids is 1. The number of nitrogens with one attached hydrogen (secondary N) is 1. The third-order valence-corrected chi connectivity index (χ3v) is 2.83. The Morgan fingerprint density at radius 1 is 1.44 bits per heavy atom. The zero-order valence-corrected chi connectivity index (χ0v) is 11.1. The van der Waals surface area contributed by atoms with Crippen molar-refractivity contribution in [2.75, 3.05) is 12.4 Å². The first kappa shape index (κ1) is 14.7. The molecule has 0 aliphatic heterocycles. The fourth-order valence-corrected chi connectivity index (χ4v) is 1.55. The zero-order chi connectivity index (χ0) is 13.5. The fourth-order valence-electron chi connectivity index (χ4n) is 1.55. The first-order valence-corrected chi connectivity index (χ1v) is 6.13. The average Bonchev–Trinajstić information content (AvgIpc) is 2.36. The molecule has 0 fully saturated rings. The maximum atomic E-state index is 11.7. The second-order valence-electron chi connectivity index (χ2n) is 4.43. The van der Waals surface area contributed by atoms with Gasteiger partial charge in [0.1, 0.15) is 0 Å². The lowest BCUT2D eigenvalue weighted by Gasteiger charge is -2.11. The molecule has 1 amide bonds. The zero-order valence-electron chi connectivity index (χ0n) is 11.1. The van der Waals surface area contributed by atoms with Gasteiger partial charge in [-0.1, -0.05) is 12.1 Å². The third kappa shape index (κ3) is 4.85. The maximum Gasteiger partial charge on any atom is 0.224 e. The van der Waals surface area contributed by atoms with E-state index < -0.39 is 6.10 Å². The van der Waals surface area contributed by atoms with Crippen molar-refractivity contribution in [3.8, 4) is 0 Å². The van der Waals surface area contributed by atoms with Gasteiger partial charge in [-0.3, -0.25) is 4.79 Å². The normalized spacial score (nSPS) is 14.0. The molecule has 2 atom stereocenters. The summed E-state index contributed by atoms with van der Waals surface area (Å²) in [6.07, 6.45) is 0.668. The molecule has 1 aromatic carbocycles. The Morgan fingerprint density at radius 3 is 2.78 bits per heavy atom. The van der Waals surface area contributed by atoms with Crippen LogP contribution in [-0.4, -0.2) is 24.2 Å². The lowest BCUT2D eigenvalue weighted by atomic mass is 10.1. The van der Waals surface area contributed by atoms with E-state index >= 15 is 0 Å². The van der Waals surface area contributed by atoms with E-state index in [0.717, 1.165) is 5.56 Å². The Bertz CT molecular complexity index is 390.